The monoisotopic (exact) mass is 519 g/mol. The number of sulfonamides is 1. The Balaban J connectivity index is 1.64. The quantitative estimate of drug-likeness (QED) is 0.330. The fourth-order valence-corrected chi connectivity index (χ4v) is 5.14. The molecule has 188 valence electrons. The number of pyridine rings is 1. The summed E-state index contributed by atoms with van der Waals surface area (Å²) in [6.45, 7) is 3.93. The number of nitrogens with one attached hydrogen (secondary N) is 1. The normalized spacial score (nSPS) is 11.6. The van der Waals surface area contributed by atoms with Crippen LogP contribution in [-0.2, 0) is 10.0 Å². The SMILES string of the molecule is COc1cc(-c2ccc(C)c(C)c2)c(F)cc1-n1c(=O)ccc2cc(S(=O)(=O)Nc3ccon3)ccc21. The summed E-state index contributed by atoms with van der Waals surface area (Å²) in [5, 5.41) is 4.01. The van der Waals surface area contributed by atoms with Gasteiger partial charge in [-0.05, 0) is 60.9 Å². The number of aryl methyl sites for hydroxylation is 2. The Bertz CT molecular complexity index is 1810. The molecular formula is C27H22FN3O5S. The van der Waals surface area contributed by atoms with Gasteiger partial charge in [0.05, 0.1) is 23.2 Å². The fraction of sp³-hybridized carbons (Fsp3) is 0.111. The highest BCUT2D eigenvalue weighted by Crippen LogP contribution is 2.34. The van der Waals surface area contributed by atoms with Crippen LogP contribution in [0.4, 0.5) is 10.2 Å². The molecule has 8 nitrogen and oxygen atoms in total. The Morgan fingerprint density at radius 2 is 1.78 bits per heavy atom. The largest absolute Gasteiger partial charge is 0.495 e. The number of nitrogens with zero attached hydrogens (tertiary/aromatic N) is 2. The van der Waals surface area contributed by atoms with E-state index < -0.39 is 21.4 Å². The smallest absolute Gasteiger partial charge is 0.263 e. The third-order valence-corrected chi connectivity index (χ3v) is 7.53. The second kappa shape index (κ2) is 9.21. The molecule has 0 aliphatic heterocycles. The van der Waals surface area contributed by atoms with Gasteiger partial charge >= 0.3 is 0 Å². The van der Waals surface area contributed by atoms with Gasteiger partial charge in [0.25, 0.3) is 15.6 Å². The molecule has 2 aromatic heterocycles. The third kappa shape index (κ3) is 4.47. The van der Waals surface area contributed by atoms with Gasteiger partial charge in [0.2, 0.25) is 0 Å². The Morgan fingerprint density at radius 1 is 0.973 bits per heavy atom. The van der Waals surface area contributed by atoms with E-state index in [9.17, 15) is 13.2 Å². The summed E-state index contributed by atoms with van der Waals surface area (Å²) in [5.74, 6) is -0.207. The van der Waals surface area contributed by atoms with Crippen LogP contribution in [0.5, 0.6) is 5.75 Å². The van der Waals surface area contributed by atoms with Gasteiger partial charge in [-0.25, -0.2) is 12.8 Å². The van der Waals surface area contributed by atoms with Crippen LogP contribution in [0, 0.1) is 19.7 Å². The van der Waals surface area contributed by atoms with Crippen LogP contribution in [0.2, 0.25) is 0 Å². The van der Waals surface area contributed by atoms with Crippen molar-refractivity contribution in [1.82, 2.24) is 9.72 Å². The van der Waals surface area contributed by atoms with Crippen molar-refractivity contribution in [2.24, 2.45) is 0 Å². The molecule has 10 heteroatoms. The fourth-order valence-electron chi connectivity index (χ4n) is 4.11. The summed E-state index contributed by atoms with van der Waals surface area (Å²) in [6.07, 6.45) is 1.24. The van der Waals surface area contributed by atoms with Crippen LogP contribution in [0.15, 0.2) is 87.2 Å². The second-order valence-electron chi connectivity index (χ2n) is 8.52. The lowest BCUT2D eigenvalue weighted by atomic mass is 9.99. The number of aromatic nitrogens is 2. The summed E-state index contributed by atoms with van der Waals surface area (Å²) in [4.78, 5) is 12.9. The molecule has 2 heterocycles. The molecule has 0 radical (unpaired) electrons. The van der Waals surface area contributed by atoms with Crippen molar-refractivity contribution in [2.75, 3.05) is 11.8 Å². The molecule has 0 bridgehead atoms. The molecule has 37 heavy (non-hydrogen) atoms. The maximum absolute atomic E-state index is 15.4. The van der Waals surface area contributed by atoms with Crippen molar-refractivity contribution in [2.45, 2.75) is 18.7 Å². The zero-order valence-corrected chi connectivity index (χ0v) is 21.0. The van der Waals surface area contributed by atoms with Gasteiger partial charge in [-0.2, -0.15) is 0 Å². The number of benzene rings is 3. The lowest BCUT2D eigenvalue weighted by Gasteiger charge is -2.17. The van der Waals surface area contributed by atoms with Gasteiger partial charge in [-0.1, -0.05) is 23.4 Å². The molecule has 0 saturated heterocycles. The molecule has 0 aliphatic rings. The molecule has 0 spiro atoms. The van der Waals surface area contributed by atoms with E-state index >= 15 is 4.39 Å². The highest BCUT2D eigenvalue weighted by atomic mass is 32.2. The number of fused-ring (bicyclic) bond motifs is 1. The van der Waals surface area contributed by atoms with E-state index in [1.54, 1.807) is 6.07 Å². The lowest BCUT2D eigenvalue weighted by Crippen LogP contribution is -2.19. The van der Waals surface area contributed by atoms with Gasteiger partial charge in [0.1, 0.15) is 17.8 Å². The predicted octanol–water partition coefficient (Wildman–Crippen LogP) is 5.21. The van der Waals surface area contributed by atoms with Gasteiger partial charge < -0.3 is 9.26 Å². The minimum atomic E-state index is -3.97. The van der Waals surface area contributed by atoms with Gasteiger partial charge in [-0.15, -0.1) is 0 Å². The molecule has 3 aromatic carbocycles. The number of ether oxygens (including phenoxy) is 1. The molecule has 0 atom stereocenters. The molecule has 0 unspecified atom stereocenters. The number of hydrogen-bond donors (Lipinski definition) is 1. The Kier molecular flexibility index (Phi) is 6.04. The average molecular weight is 520 g/mol. The predicted molar refractivity (Wildman–Crippen MR) is 138 cm³/mol. The van der Waals surface area contributed by atoms with Crippen molar-refractivity contribution in [3.8, 4) is 22.6 Å². The average Bonchev–Trinajstić information content (AvgIpc) is 3.37. The van der Waals surface area contributed by atoms with Crippen LogP contribution in [0.25, 0.3) is 27.7 Å². The Hall–Kier alpha value is -4.44. The van der Waals surface area contributed by atoms with E-state index in [-0.39, 0.29) is 22.2 Å². The maximum atomic E-state index is 15.4. The topological polar surface area (TPSA) is 103 Å². The Labute approximate surface area is 212 Å². The summed E-state index contributed by atoms with van der Waals surface area (Å²) < 4.78 is 54.9. The molecule has 5 aromatic rings. The molecule has 5 rings (SSSR count). The third-order valence-electron chi connectivity index (χ3n) is 6.18. The van der Waals surface area contributed by atoms with E-state index in [4.69, 9.17) is 4.74 Å². The summed E-state index contributed by atoms with van der Waals surface area (Å²) in [7, 11) is -2.53. The molecule has 0 fully saturated rings. The van der Waals surface area contributed by atoms with Gasteiger partial charge in [0.15, 0.2) is 5.82 Å². The van der Waals surface area contributed by atoms with Crippen LogP contribution in [-0.4, -0.2) is 25.3 Å². The highest BCUT2D eigenvalue weighted by Gasteiger charge is 2.20. The Morgan fingerprint density at radius 3 is 2.49 bits per heavy atom. The van der Waals surface area contributed by atoms with Crippen LogP contribution in [0.3, 0.4) is 0 Å². The van der Waals surface area contributed by atoms with E-state index in [2.05, 4.69) is 14.4 Å². The van der Waals surface area contributed by atoms with Crippen molar-refractivity contribution in [3.05, 3.63) is 100 Å². The van der Waals surface area contributed by atoms with Crippen LogP contribution >= 0.6 is 0 Å². The zero-order chi connectivity index (χ0) is 26.3. The molecule has 0 aliphatic carbocycles. The highest BCUT2D eigenvalue weighted by molar-refractivity contribution is 7.92. The summed E-state index contributed by atoms with van der Waals surface area (Å²) in [6, 6.07) is 16.9. The first-order valence-corrected chi connectivity index (χ1v) is 12.7. The summed E-state index contributed by atoms with van der Waals surface area (Å²) >= 11 is 0. The van der Waals surface area contributed by atoms with Crippen molar-refractivity contribution in [3.63, 3.8) is 0 Å². The van der Waals surface area contributed by atoms with Gasteiger partial charge in [-0.3, -0.25) is 14.1 Å². The molecule has 0 amide bonds. The first kappa shape index (κ1) is 24.3. The number of anilines is 1. The van der Waals surface area contributed by atoms with Crippen molar-refractivity contribution >= 4 is 26.7 Å². The molecule has 1 N–H and O–H groups in total. The minimum Gasteiger partial charge on any atom is -0.495 e. The van der Waals surface area contributed by atoms with E-state index in [1.165, 1.54) is 60.4 Å². The van der Waals surface area contributed by atoms with E-state index in [0.717, 1.165) is 11.1 Å². The number of rotatable bonds is 6. The van der Waals surface area contributed by atoms with E-state index in [0.29, 0.717) is 22.0 Å². The maximum Gasteiger partial charge on any atom is 0.263 e. The standard InChI is InChI=1S/C27H22FN3O5S/c1-16-4-5-18(12-17(16)2)21-14-25(35-3)24(15-22(21)28)31-23-8-7-20(13-19(23)6-9-27(31)32)37(33,34)30-26-10-11-36-29-26/h4-15H,1-3H3,(H,29,30). The van der Waals surface area contributed by atoms with Crippen molar-refractivity contribution < 1.29 is 22.1 Å². The molecular weight excluding hydrogens is 497 g/mol. The van der Waals surface area contributed by atoms with E-state index in [1.807, 2.05) is 32.0 Å². The molecule has 0 saturated carbocycles. The number of hydrogen-bond acceptors (Lipinski definition) is 6. The van der Waals surface area contributed by atoms with Gasteiger partial charge in [0, 0.05) is 29.1 Å². The zero-order valence-electron chi connectivity index (χ0n) is 20.2. The number of halogens is 1. The lowest BCUT2D eigenvalue weighted by molar-refractivity contribution is 0.412. The second-order valence-corrected chi connectivity index (χ2v) is 10.2. The van der Waals surface area contributed by atoms with Crippen LogP contribution < -0.4 is 15.0 Å². The first-order chi connectivity index (χ1) is 17.7. The minimum absolute atomic E-state index is 0.0362. The number of methoxy groups -OCH3 is 1. The first-order valence-electron chi connectivity index (χ1n) is 11.2. The van der Waals surface area contributed by atoms with Crippen LogP contribution in [0.1, 0.15) is 11.1 Å². The van der Waals surface area contributed by atoms with Crippen molar-refractivity contribution in [1.29, 1.82) is 0 Å². The summed E-state index contributed by atoms with van der Waals surface area (Å²) in [5.41, 5.74) is 3.28.